The van der Waals surface area contributed by atoms with Crippen molar-refractivity contribution in [2.45, 2.75) is 19.8 Å². The summed E-state index contributed by atoms with van der Waals surface area (Å²) in [7, 11) is 0. The number of hydrogen-bond donors (Lipinski definition) is 0. The van der Waals surface area contributed by atoms with Gasteiger partial charge in [0.25, 0.3) is 0 Å². The van der Waals surface area contributed by atoms with Gasteiger partial charge in [-0.25, -0.2) is 4.39 Å². The third-order valence-corrected chi connectivity index (χ3v) is 5.16. The van der Waals surface area contributed by atoms with E-state index in [4.69, 9.17) is 9.47 Å². The van der Waals surface area contributed by atoms with Crippen LogP contribution in [0, 0.1) is 11.7 Å². The van der Waals surface area contributed by atoms with Gasteiger partial charge in [-0.15, -0.1) is 11.3 Å². The topological polar surface area (TPSA) is 18.5 Å². The smallest absolute Gasteiger partial charge is 0.182 e. The molecule has 4 heteroatoms. The molecule has 2 aromatic carbocycles. The summed E-state index contributed by atoms with van der Waals surface area (Å²) in [6.07, 6.45) is 2.40. The molecule has 0 spiro atoms. The zero-order valence-electron chi connectivity index (χ0n) is 12.4. The Bertz CT molecular complexity index is 836. The van der Waals surface area contributed by atoms with Crippen LogP contribution in [-0.2, 0) is 0 Å². The summed E-state index contributed by atoms with van der Waals surface area (Å²) in [4.78, 5) is 0. The first kappa shape index (κ1) is 13.8. The highest BCUT2D eigenvalue weighted by Crippen LogP contribution is 2.40. The summed E-state index contributed by atoms with van der Waals surface area (Å²) >= 11 is 1.46. The molecule has 3 aromatic rings. The van der Waals surface area contributed by atoms with Crippen molar-refractivity contribution in [1.82, 2.24) is 0 Å². The monoisotopic (exact) mass is 316 g/mol. The van der Waals surface area contributed by atoms with Crippen molar-refractivity contribution in [2.24, 2.45) is 5.92 Å². The minimum Gasteiger partial charge on any atom is -0.494 e. The van der Waals surface area contributed by atoms with E-state index in [0.717, 1.165) is 21.2 Å². The van der Waals surface area contributed by atoms with E-state index >= 15 is 0 Å². The summed E-state index contributed by atoms with van der Waals surface area (Å²) in [6, 6.07) is 9.63. The summed E-state index contributed by atoms with van der Waals surface area (Å²) in [5.41, 5.74) is 0. The summed E-state index contributed by atoms with van der Waals surface area (Å²) in [5, 5.41) is 2.01. The van der Waals surface area contributed by atoms with Crippen LogP contribution in [-0.4, -0.2) is 13.2 Å². The zero-order valence-corrected chi connectivity index (χ0v) is 13.2. The molecule has 22 heavy (non-hydrogen) atoms. The van der Waals surface area contributed by atoms with Gasteiger partial charge in [0, 0.05) is 15.5 Å². The highest BCUT2D eigenvalue weighted by atomic mass is 32.1. The number of rotatable bonds is 5. The van der Waals surface area contributed by atoms with Gasteiger partial charge in [-0.2, -0.15) is 0 Å². The number of thiophene rings is 1. The molecule has 0 N–H and O–H groups in total. The Labute approximate surface area is 132 Å². The van der Waals surface area contributed by atoms with Crippen molar-refractivity contribution in [3.8, 4) is 11.5 Å². The van der Waals surface area contributed by atoms with Crippen LogP contribution >= 0.6 is 11.3 Å². The lowest BCUT2D eigenvalue weighted by Crippen LogP contribution is -2.00. The van der Waals surface area contributed by atoms with Crippen molar-refractivity contribution in [2.75, 3.05) is 13.2 Å². The van der Waals surface area contributed by atoms with E-state index in [2.05, 4.69) is 0 Å². The molecule has 1 aliphatic rings. The molecule has 0 radical (unpaired) electrons. The zero-order chi connectivity index (χ0) is 15.1. The molecule has 1 aromatic heterocycles. The van der Waals surface area contributed by atoms with Crippen molar-refractivity contribution in [1.29, 1.82) is 0 Å². The van der Waals surface area contributed by atoms with Crippen molar-refractivity contribution >= 4 is 31.5 Å². The fourth-order valence-electron chi connectivity index (χ4n) is 2.63. The quantitative estimate of drug-likeness (QED) is 0.629. The average molecular weight is 316 g/mol. The van der Waals surface area contributed by atoms with Crippen LogP contribution in [0.5, 0.6) is 11.5 Å². The molecule has 1 heterocycles. The molecule has 1 fully saturated rings. The number of halogens is 1. The van der Waals surface area contributed by atoms with Gasteiger partial charge in [0.05, 0.1) is 17.9 Å². The van der Waals surface area contributed by atoms with Crippen molar-refractivity contribution in [3.63, 3.8) is 0 Å². The first-order valence-electron chi connectivity index (χ1n) is 7.66. The Morgan fingerprint density at radius 3 is 2.73 bits per heavy atom. The van der Waals surface area contributed by atoms with Crippen LogP contribution in [0.25, 0.3) is 20.2 Å². The van der Waals surface area contributed by atoms with Gasteiger partial charge in [-0.05, 0) is 56.0 Å². The fraction of sp³-hybridized carbons (Fsp3) is 0.333. The van der Waals surface area contributed by atoms with Crippen molar-refractivity contribution < 1.29 is 13.9 Å². The van der Waals surface area contributed by atoms with E-state index in [-0.39, 0.29) is 5.82 Å². The Morgan fingerprint density at radius 2 is 1.95 bits per heavy atom. The van der Waals surface area contributed by atoms with Crippen LogP contribution in [0.3, 0.4) is 0 Å². The van der Waals surface area contributed by atoms with Crippen LogP contribution in [0.1, 0.15) is 19.8 Å². The molecule has 0 atom stereocenters. The predicted octanol–water partition coefficient (Wildman–Crippen LogP) is 5.38. The molecule has 0 bridgehead atoms. The van der Waals surface area contributed by atoms with Gasteiger partial charge < -0.3 is 9.47 Å². The van der Waals surface area contributed by atoms with Gasteiger partial charge >= 0.3 is 0 Å². The molecule has 2 nitrogen and oxygen atoms in total. The Morgan fingerprint density at radius 1 is 1.14 bits per heavy atom. The van der Waals surface area contributed by atoms with E-state index in [1.54, 1.807) is 6.07 Å². The number of benzene rings is 2. The van der Waals surface area contributed by atoms with Gasteiger partial charge in [-0.3, -0.25) is 0 Å². The minimum atomic E-state index is -0.239. The maximum absolute atomic E-state index is 14.7. The van der Waals surface area contributed by atoms with E-state index in [1.165, 1.54) is 24.2 Å². The SMILES string of the molecule is CCOc1ccc2c(c1)sc1c(F)c(OCC3CC3)ccc12. The number of fused-ring (bicyclic) bond motifs is 3. The van der Waals surface area contributed by atoms with E-state index < -0.39 is 0 Å². The van der Waals surface area contributed by atoms with Gasteiger partial charge in [-0.1, -0.05) is 0 Å². The molecule has 0 aliphatic heterocycles. The molecule has 0 saturated heterocycles. The maximum atomic E-state index is 14.7. The lowest BCUT2D eigenvalue weighted by molar-refractivity contribution is 0.286. The molecule has 0 amide bonds. The van der Waals surface area contributed by atoms with E-state index in [1.807, 2.05) is 31.2 Å². The minimum absolute atomic E-state index is 0.239. The average Bonchev–Trinajstić information content (AvgIpc) is 3.27. The molecular formula is C18H17FO2S. The third kappa shape index (κ3) is 2.41. The van der Waals surface area contributed by atoms with Gasteiger partial charge in [0.1, 0.15) is 5.75 Å². The largest absolute Gasteiger partial charge is 0.494 e. The van der Waals surface area contributed by atoms with Crippen LogP contribution < -0.4 is 9.47 Å². The fourth-order valence-corrected chi connectivity index (χ4v) is 3.79. The maximum Gasteiger partial charge on any atom is 0.182 e. The number of ether oxygens (including phenoxy) is 2. The van der Waals surface area contributed by atoms with Crippen molar-refractivity contribution in [3.05, 3.63) is 36.1 Å². The highest BCUT2D eigenvalue weighted by molar-refractivity contribution is 7.25. The Balaban J connectivity index is 1.77. The first-order valence-corrected chi connectivity index (χ1v) is 8.48. The normalized spacial score (nSPS) is 14.6. The first-order chi connectivity index (χ1) is 10.8. The summed E-state index contributed by atoms with van der Waals surface area (Å²) in [6.45, 7) is 3.21. The van der Waals surface area contributed by atoms with Gasteiger partial charge in [0.15, 0.2) is 11.6 Å². The molecular weight excluding hydrogens is 299 g/mol. The Hall–Kier alpha value is -1.81. The number of hydrogen-bond acceptors (Lipinski definition) is 3. The van der Waals surface area contributed by atoms with E-state index in [9.17, 15) is 4.39 Å². The lowest BCUT2D eigenvalue weighted by Gasteiger charge is -2.06. The van der Waals surface area contributed by atoms with Crippen LogP contribution in [0.4, 0.5) is 4.39 Å². The predicted molar refractivity (Wildman–Crippen MR) is 88.7 cm³/mol. The molecule has 1 saturated carbocycles. The molecule has 114 valence electrons. The second kappa shape index (κ2) is 5.43. The second-order valence-corrected chi connectivity index (χ2v) is 6.75. The van der Waals surface area contributed by atoms with Crippen LogP contribution in [0.15, 0.2) is 30.3 Å². The standard InChI is InChI=1S/C18H17FO2S/c1-2-20-12-5-6-13-14-7-8-15(21-10-11-3-4-11)17(19)18(14)22-16(13)9-12/h5-9,11H,2-4,10H2,1H3. The third-order valence-electron chi connectivity index (χ3n) is 4.00. The second-order valence-electron chi connectivity index (χ2n) is 5.70. The van der Waals surface area contributed by atoms with Gasteiger partial charge in [0.2, 0.25) is 0 Å². The summed E-state index contributed by atoms with van der Waals surface area (Å²) in [5.74, 6) is 1.58. The molecule has 1 aliphatic carbocycles. The molecule has 4 rings (SSSR count). The Kier molecular flexibility index (Phi) is 3.41. The highest BCUT2D eigenvalue weighted by Gasteiger charge is 2.23. The summed E-state index contributed by atoms with van der Waals surface area (Å²) < 4.78 is 27.5. The van der Waals surface area contributed by atoms with E-state index in [0.29, 0.717) is 29.6 Å². The van der Waals surface area contributed by atoms with Crippen LogP contribution in [0.2, 0.25) is 0 Å². The lowest BCUT2D eigenvalue weighted by atomic mass is 10.1. The molecule has 0 unspecified atom stereocenters.